The zero-order chi connectivity index (χ0) is 5.28. The molecule has 1 radical (unpaired) electrons. The standard InChI is InChI=1S/C3Cl2NS/c4-2-1-7-3(5)6-2. The summed E-state index contributed by atoms with van der Waals surface area (Å²) in [7, 11) is 0. The summed E-state index contributed by atoms with van der Waals surface area (Å²) < 4.78 is 0.435. The van der Waals surface area contributed by atoms with Gasteiger partial charge in [0, 0.05) is 0 Å². The molecule has 0 unspecified atom stereocenters. The fraction of sp³-hybridized carbons (Fsp3) is 0. The molecule has 0 aliphatic carbocycles. The normalized spacial score (nSPS) is 9.43. The Hall–Kier alpha value is 0.210. The number of thiazole rings is 1. The van der Waals surface area contributed by atoms with Crippen molar-refractivity contribution in [2.45, 2.75) is 0 Å². The summed E-state index contributed by atoms with van der Waals surface area (Å²) in [6.45, 7) is 0. The zero-order valence-electron chi connectivity index (χ0n) is 3.11. The number of hydrogen-bond acceptors (Lipinski definition) is 2. The molecule has 1 heterocycles. The molecular weight excluding hydrogens is 153 g/mol. The molecule has 0 spiro atoms. The molecule has 0 amide bonds. The maximum absolute atomic E-state index is 5.35. The first-order valence-corrected chi connectivity index (χ1v) is 3.06. The summed E-state index contributed by atoms with van der Waals surface area (Å²) >= 11 is 11.9. The lowest BCUT2D eigenvalue weighted by atomic mass is 11.0. The van der Waals surface area contributed by atoms with E-state index < -0.39 is 0 Å². The molecule has 0 atom stereocenters. The number of rotatable bonds is 0. The fourth-order valence-corrected chi connectivity index (χ4v) is 1.05. The van der Waals surface area contributed by atoms with Crippen LogP contribution in [0.25, 0.3) is 0 Å². The van der Waals surface area contributed by atoms with Crippen LogP contribution in [0.5, 0.6) is 0 Å². The van der Waals surface area contributed by atoms with Crippen LogP contribution in [-0.2, 0) is 0 Å². The lowest BCUT2D eigenvalue weighted by Crippen LogP contribution is -1.55. The summed E-state index contributed by atoms with van der Waals surface area (Å²) in [6, 6.07) is 0. The quantitative estimate of drug-likeness (QED) is 0.556. The smallest absolute Gasteiger partial charge is 0.185 e. The average molecular weight is 153 g/mol. The van der Waals surface area contributed by atoms with Crippen molar-refractivity contribution in [1.29, 1.82) is 0 Å². The molecule has 0 aliphatic rings. The van der Waals surface area contributed by atoms with E-state index in [1.54, 1.807) is 0 Å². The molecule has 1 aromatic heterocycles. The molecule has 0 aliphatic heterocycles. The second-order valence-electron chi connectivity index (χ2n) is 0.860. The van der Waals surface area contributed by atoms with Gasteiger partial charge in [0.1, 0.15) is 0 Å². The van der Waals surface area contributed by atoms with E-state index in [1.807, 2.05) is 0 Å². The molecule has 0 aromatic carbocycles. The van der Waals surface area contributed by atoms with Gasteiger partial charge in [0.05, 0.1) is 5.38 Å². The van der Waals surface area contributed by atoms with Crippen molar-refractivity contribution in [2.75, 3.05) is 0 Å². The average Bonchev–Trinajstić information content (AvgIpc) is 1.87. The number of nitrogens with zero attached hydrogens (tertiary/aromatic N) is 1. The van der Waals surface area contributed by atoms with Gasteiger partial charge >= 0.3 is 0 Å². The molecule has 0 bridgehead atoms. The Kier molecular flexibility index (Phi) is 1.52. The highest BCUT2D eigenvalue weighted by Gasteiger charge is 1.91. The Morgan fingerprint density at radius 3 is 2.43 bits per heavy atom. The van der Waals surface area contributed by atoms with Crippen LogP contribution in [0.15, 0.2) is 0 Å². The van der Waals surface area contributed by atoms with E-state index >= 15 is 0 Å². The van der Waals surface area contributed by atoms with Crippen molar-refractivity contribution in [3.05, 3.63) is 15.0 Å². The third-order valence-electron chi connectivity index (χ3n) is 0.406. The van der Waals surface area contributed by atoms with E-state index in [1.165, 1.54) is 11.3 Å². The predicted octanol–water partition coefficient (Wildman–Crippen LogP) is 2.25. The van der Waals surface area contributed by atoms with Crippen LogP contribution in [0, 0.1) is 5.38 Å². The van der Waals surface area contributed by atoms with Gasteiger partial charge in [-0.15, -0.1) is 0 Å². The van der Waals surface area contributed by atoms with E-state index in [-0.39, 0.29) is 0 Å². The van der Waals surface area contributed by atoms with Gasteiger partial charge in [0.25, 0.3) is 0 Å². The third-order valence-corrected chi connectivity index (χ3v) is 1.57. The Balaban J connectivity index is 3.04. The first-order valence-electron chi connectivity index (χ1n) is 1.48. The minimum absolute atomic E-state index is 0.343. The molecule has 1 aromatic rings. The van der Waals surface area contributed by atoms with E-state index in [0.717, 1.165) is 0 Å². The van der Waals surface area contributed by atoms with E-state index in [2.05, 4.69) is 10.4 Å². The van der Waals surface area contributed by atoms with Crippen LogP contribution >= 0.6 is 34.5 Å². The van der Waals surface area contributed by atoms with Crippen LogP contribution in [0.1, 0.15) is 0 Å². The van der Waals surface area contributed by atoms with Crippen molar-refractivity contribution in [3.63, 3.8) is 0 Å². The van der Waals surface area contributed by atoms with Crippen LogP contribution < -0.4 is 0 Å². The lowest BCUT2D eigenvalue weighted by Gasteiger charge is -1.65. The molecule has 1 rings (SSSR count). The molecule has 37 valence electrons. The fourth-order valence-electron chi connectivity index (χ4n) is 0.207. The third kappa shape index (κ3) is 1.30. The zero-order valence-corrected chi connectivity index (χ0v) is 5.44. The number of hydrogen-bond donors (Lipinski definition) is 0. The maximum atomic E-state index is 5.35. The molecule has 0 saturated heterocycles. The van der Waals surface area contributed by atoms with Gasteiger partial charge in [0.2, 0.25) is 0 Å². The van der Waals surface area contributed by atoms with Gasteiger partial charge in [-0.25, -0.2) is 4.98 Å². The topological polar surface area (TPSA) is 12.9 Å². The minimum Gasteiger partial charge on any atom is -0.212 e. The van der Waals surface area contributed by atoms with Gasteiger partial charge in [-0.1, -0.05) is 34.5 Å². The van der Waals surface area contributed by atoms with Gasteiger partial charge in [-0.3, -0.25) is 0 Å². The van der Waals surface area contributed by atoms with Crippen LogP contribution in [-0.4, -0.2) is 4.98 Å². The van der Waals surface area contributed by atoms with E-state index in [4.69, 9.17) is 23.2 Å². The Bertz CT molecular complexity index is 145. The highest BCUT2D eigenvalue weighted by atomic mass is 35.5. The SMILES string of the molecule is Clc1[c]sc(Cl)n1. The minimum atomic E-state index is 0.343. The highest BCUT2D eigenvalue weighted by molar-refractivity contribution is 7.13. The molecule has 7 heavy (non-hydrogen) atoms. The Morgan fingerprint density at radius 1 is 1.57 bits per heavy atom. The van der Waals surface area contributed by atoms with E-state index in [9.17, 15) is 0 Å². The summed E-state index contributed by atoms with van der Waals surface area (Å²) in [5, 5.41) is 2.97. The highest BCUT2D eigenvalue weighted by Crippen LogP contribution is 2.16. The summed E-state index contributed by atoms with van der Waals surface area (Å²) in [4.78, 5) is 3.60. The monoisotopic (exact) mass is 152 g/mol. The van der Waals surface area contributed by atoms with Crippen LogP contribution in [0.2, 0.25) is 9.62 Å². The van der Waals surface area contributed by atoms with Gasteiger partial charge in [-0.2, -0.15) is 0 Å². The summed E-state index contributed by atoms with van der Waals surface area (Å²) in [5.41, 5.74) is 0. The van der Waals surface area contributed by atoms with Crippen LogP contribution in [0.3, 0.4) is 0 Å². The van der Waals surface area contributed by atoms with Crippen molar-refractivity contribution >= 4 is 34.5 Å². The summed E-state index contributed by atoms with van der Waals surface area (Å²) in [6.07, 6.45) is 0. The largest absolute Gasteiger partial charge is 0.212 e. The lowest BCUT2D eigenvalue weighted by molar-refractivity contribution is 1.42. The van der Waals surface area contributed by atoms with Crippen molar-refractivity contribution in [3.8, 4) is 0 Å². The Labute approximate surface area is 54.9 Å². The summed E-state index contributed by atoms with van der Waals surface area (Å²) in [5.74, 6) is 0. The maximum Gasteiger partial charge on any atom is 0.185 e. The molecule has 4 heteroatoms. The van der Waals surface area contributed by atoms with Gasteiger partial charge in [0.15, 0.2) is 9.62 Å². The van der Waals surface area contributed by atoms with Crippen molar-refractivity contribution in [1.82, 2.24) is 4.98 Å². The molecule has 0 N–H and O–H groups in total. The first kappa shape index (κ1) is 5.35. The first-order chi connectivity index (χ1) is 3.29. The second-order valence-corrected chi connectivity index (χ2v) is 2.59. The van der Waals surface area contributed by atoms with E-state index in [0.29, 0.717) is 9.62 Å². The second kappa shape index (κ2) is 1.99. The van der Waals surface area contributed by atoms with Gasteiger partial charge < -0.3 is 0 Å². The molecule has 0 saturated carbocycles. The number of aromatic nitrogens is 1. The van der Waals surface area contributed by atoms with Gasteiger partial charge in [-0.05, 0) is 0 Å². The molecule has 1 nitrogen and oxygen atoms in total. The predicted molar refractivity (Wildman–Crippen MR) is 31.0 cm³/mol. The number of halogens is 2. The Morgan fingerprint density at radius 2 is 2.29 bits per heavy atom. The molecular formula is C3Cl2NS. The van der Waals surface area contributed by atoms with Crippen molar-refractivity contribution in [2.24, 2.45) is 0 Å². The molecule has 0 fully saturated rings. The van der Waals surface area contributed by atoms with Crippen LogP contribution in [0.4, 0.5) is 0 Å². The van der Waals surface area contributed by atoms with Crippen molar-refractivity contribution < 1.29 is 0 Å².